The van der Waals surface area contributed by atoms with E-state index in [0.29, 0.717) is 13.1 Å². The zero-order valence-electron chi connectivity index (χ0n) is 11.7. The van der Waals surface area contributed by atoms with E-state index in [1.54, 1.807) is 7.11 Å². The number of hydrogen-bond donors (Lipinski definition) is 1. The average molecular weight is 263 g/mol. The third kappa shape index (κ3) is 2.88. The Morgan fingerprint density at radius 3 is 2.89 bits per heavy atom. The van der Waals surface area contributed by atoms with Crippen molar-refractivity contribution in [3.63, 3.8) is 0 Å². The minimum atomic E-state index is -0.107. The highest BCUT2D eigenvalue weighted by Crippen LogP contribution is 2.23. The van der Waals surface area contributed by atoms with Gasteiger partial charge in [0, 0.05) is 31.4 Å². The zero-order valence-corrected chi connectivity index (χ0v) is 11.7. The lowest BCUT2D eigenvalue weighted by molar-refractivity contribution is -0.125. The molecule has 1 aromatic carbocycles. The predicted octanol–water partition coefficient (Wildman–Crippen LogP) is 0.562. The van der Waals surface area contributed by atoms with Crippen LogP contribution in [0.2, 0.25) is 0 Å². The first-order chi connectivity index (χ1) is 9.17. The summed E-state index contributed by atoms with van der Waals surface area (Å²) in [5.74, 6) is 0.908. The second kappa shape index (κ2) is 6.04. The van der Waals surface area contributed by atoms with Crippen LogP contribution in [0.5, 0.6) is 5.75 Å². The van der Waals surface area contributed by atoms with Crippen molar-refractivity contribution < 1.29 is 9.53 Å². The molecule has 1 unspecified atom stereocenters. The van der Waals surface area contributed by atoms with E-state index >= 15 is 0 Å². The smallest absolute Gasteiger partial charge is 0.245 e. The summed E-state index contributed by atoms with van der Waals surface area (Å²) < 4.78 is 5.22. The number of hydrogen-bond acceptors (Lipinski definition) is 4. The Morgan fingerprint density at radius 1 is 1.42 bits per heavy atom. The lowest BCUT2D eigenvalue weighted by Crippen LogP contribution is -2.58. The molecule has 1 aromatic rings. The summed E-state index contributed by atoms with van der Waals surface area (Å²) in [6.07, 6.45) is 0. The summed E-state index contributed by atoms with van der Waals surface area (Å²) in [5, 5.41) is 3.08. The van der Waals surface area contributed by atoms with Gasteiger partial charge in [0.15, 0.2) is 0 Å². The Balaban J connectivity index is 2.21. The number of methoxy groups -OCH3 is 1. The number of amides is 1. The van der Waals surface area contributed by atoms with Crippen LogP contribution in [0.15, 0.2) is 24.3 Å². The van der Waals surface area contributed by atoms with Gasteiger partial charge >= 0.3 is 0 Å². The molecule has 5 heteroatoms. The molecule has 1 atom stereocenters. The Bertz CT molecular complexity index is 450. The molecule has 104 valence electrons. The van der Waals surface area contributed by atoms with E-state index in [4.69, 9.17) is 4.74 Å². The molecular formula is C14H21N3O2. The molecule has 19 heavy (non-hydrogen) atoms. The number of carbonyl (C=O) groups excluding carboxylic acids is 1. The molecule has 5 nitrogen and oxygen atoms in total. The van der Waals surface area contributed by atoms with E-state index in [-0.39, 0.29) is 11.9 Å². The van der Waals surface area contributed by atoms with Crippen molar-refractivity contribution in [2.24, 2.45) is 0 Å². The molecule has 1 amide bonds. The van der Waals surface area contributed by atoms with Crippen molar-refractivity contribution in [3.8, 4) is 5.75 Å². The Kier molecular flexibility index (Phi) is 4.39. The largest absolute Gasteiger partial charge is 0.497 e. The number of likely N-dealkylation sites (N-methyl/N-ethyl adjacent to an activating group) is 2. The third-order valence-electron chi connectivity index (χ3n) is 3.52. The second-order valence-corrected chi connectivity index (χ2v) is 4.75. The molecule has 2 rings (SSSR count). The maximum Gasteiger partial charge on any atom is 0.245 e. The van der Waals surface area contributed by atoms with Gasteiger partial charge in [-0.25, -0.2) is 0 Å². The first kappa shape index (κ1) is 13.8. The molecule has 0 aliphatic carbocycles. The molecule has 0 radical (unpaired) electrons. The Labute approximate surface area is 114 Å². The SMILES string of the molecule is CNCC1C(=O)N(c2cccc(OC)c2)CCN1C. The first-order valence-electron chi connectivity index (χ1n) is 6.47. The van der Waals surface area contributed by atoms with Crippen molar-refractivity contribution in [3.05, 3.63) is 24.3 Å². The summed E-state index contributed by atoms with van der Waals surface area (Å²) in [6, 6.07) is 7.54. The molecule has 0 spiro atoms. The van der Waals surface area contributed by atoms with E-state index in [9.17, 15) is 4.79 Å². The number of piperazine rings is 1. The number of rotatable bonds is 4. The fraction of sp³-hybridized carbons (Fsp3) is 0.500. The highest BCUT2D eigenvalue weighted by molar-refractivity contribution is 5.98. The van der Waals surface area contributed by atoms with Crippen molar-refractivity contribution in [2.75, 3.05) is 45.7 Å². The van der Waals surface area contributed by atoms with E-state index in [1.165, 1.54) is 0 Å². The van der Waals surface area contributed by atoms with Crippen LogP contribution in [0, 0.1) is 0 Å². The molecule has 0 bridgehead atoms. The number of anilines is 1. The van der Waals surface area contributed by atoms with Crippen molar-refractivity contribution in [1.82, 2.24) is 10.2 Å². The van der Waals surface area contributed by atoms with Gasteiger partial charge in [0.25, 0.3) is 0 Å². The quantitative estimate of drug-likeness (QED) is 0.862. The van der Waals surface area contributed by atoms with Crippen LogP contribution in [0.25, 0.3) is 0 Å². The van der Waals surface area contributed by atoms with E-state index in [1.807, 2.05) is 43.3 Å². The van der Waals surface area contributed by atoms with Crippen LogP contribution >= 0.6 is 0 Å². The van der Waals surface area contributed by atoms with Gasteiger partial charge in [-0.3, -0.25) is 9.69 Å². The highest BCUT2D eigenvalue weighted by Gasteiger charge is 2.32. The van der Waals surface area contributed by atoms with Gasteiger partial charge in [-0.15, -0.1) is 0 Å². The van der Waals surface area contributed by atoms with Gasteiger partial charge in [0.05, 0.1) is 7.11 Å². The fourth-order valence-electron chi connectivity index (χ4n) is 2.36. The average Bonchev–Trinajstić information content (AvgIpc) is 2.43. The lowest BCUT2D eigenvalue weighted by Gasteiger charge is -2.38. The van der Waals surface area contributed by atoms with E-state index in [0.717, 1.165) is 18.0 Å². The predicted molar refractivity (Wildman–Crippen MR) is 75.7 cm³/mol. The molecule has 1 N–H and O–H groups in total. The van der Waals surface area contributed by atoms with Gasteiger partial charge in [-0.2, -0.15) is 0 Å². The lowest BCUT2D eigenvalue weighted by atomic mass is 10.1. The Morgan fingerprint density at radius 2 is 2.21 bits per heavy atom. The number of benzene rings is 1. The molecule has 1 heterocycles. The Hall–Kier alpha value is -1.59. The summed E-state index contributed by atoms with van der Waals surface area (Å²) >= 11 is 0. The topological polar surface area (TPSA) is 44.8 Å². The molecule has 1 fully saturated rings. The normalized spacial score (nSPS) is 20.7. The number of ether oxygens (including phenoxy) is 1. The molecule has 1 aliphatic heterocycles. The fourth-order valence-corrected chi connectivity index (χ4v) is 2.36. The van der Waals surface area contributed by atoms with Gasteiger partial charge in [-0.05, 0) is 26.2 Å². The van der Waals surface area contributed by atoms with Crippen LogP contribution in [0.1, 0.15) is 0 Å². The standard InChI is InChI=1S/C14H21N3O2/c1-15-10-13-14(18)17(8-7-16(13)2)11-5-4-6-12(9-11)19-3/h4-6,9,13,15H,7-8,10H2,1-3H3. The maximum absolute atomic E-state index is 12.5. The number of nitrogens with zero attached hydrogens (tertiary/aromatic N) is 2. The minimum absolute atomic E-state index is 0.107. The van der Waals surface area contributed by atoms with Gasteiger partial charge in [0.1, 0.15) is 11.8 Å². The van der Waals surface area contributed by atoms with Gasteiger partial charge in [0.2, 0.25) is 5.91 Å². The van der Waals surface area contributed by atoms with Crippen LogP contribution in [0.3, 0.4) is 0 Å². The van der Waals surface area contributed by atoms with Crippen LogP contribution in [-0.4, -0.2) is 57.7 Å². The highest BCUT2D eigenvalue weighted by atomic mass is 16.5. The summed E-state index contributed by atoms with van der Waals surface area (Å²) in [4.78, 5) is 16.5. The number of carbonyl (C=O) groups is 1. The maximum atomic E-state index is 12.5. The molecule has 0 aromatic heterocycles. The molecular weight excluding hydrogens is 242 g/mol. The van der Waals surface area contributed by atoms with Crippen molar-refractivity contribution in [1.29, 1.82) is 0 Å². The van der Waals surface area contributed by atoms with Crippen LogP contribution < -0.4 is 15.0 Å². The molecule has 1 saturated heterocycles. The minimum Gasteiger partial charge on any atom is -0.497 e. The first-order valence-corrected chi connectivity index (χ1v) is 6.47. The van der Waals surface area contributed by atoms with Crippen LogP contribution in [0.4, 0.5) is 5.69 Å². The third-order valence-corrected chi connectivity index (χ3v) is 3.52. The number of nitrogens with one attached hydrogen (secondary N) is 1. The second-order valence-electron chi connectivity index (χ2n) is 4.75. The zero-order chi connectivity index (χ0) is 13.8. The van der Waals surface area contributed by atoms with Gasteiger partial charge in [-0.1, -0.05) is 6.07 Å². The van der Waals surface area contributed by atoms with E-state index in [2.05, 4.69) is 10.2 Å². The van der Waals surface area contributed by atoms with Crippen molar-refractivity contribution in [2.45, 2.75) is 6.04 Å². The van der Waals surface area contributed by atoms with Gasteiger partial charge < -0.3 is 15.0 Å². The van der Waals surface area contributed by atoms with Crippen LogP contribution in [-0.2, 0) is 4.79 Å². The monoisotopic (exact) mass is 263 g/mol. The summed E-state index contributed by atoms with van der Waals surface area (Å²) in [5.41, 5.74) is 0.901. The molecule has 0 saturated carbocycles. The van der Waals surface area contributed by atoms with E-state index < -0.39 is 0 Å². The summed E-state index contributed by atoms with van der Waals surface area (Å²) in [7, 11) is 5.49. The molecule has 1 aliphatic rings. The summed E-state index contributed by atoms with van der Waals surface area (Å²) in [6.45, 7) is 2.24. The van der Waals surface area contributed by atoms with Crippen molar-refractivity contribution >= 4 is 11.6 Å².